The minimum Gasteiger partial charge on any atom is -0.493 e. The van der Waals surface area contributed by atoms with Gasteiger partial charge in [0.25, 0.3) is 0 Å². The third kappa shape index (κ3) is 6.76. The van der Waals surface area contributed by atoms with Crippen molar-refractivity contribution < 1.29 is 9.47 Å². The van der Waals surface area contributed by atoms with E-state index in [9.17, 15) is 0 Å². The highest BCUT2D eigenvalue weighted by atomic mass is 127. The topological polar surface area (TPSA) is 72.7 Å². The first-order chi connectivity index (χ1) is 15.0. The van der Waals surface area contributed by atoms with Crippen molar-refractivity contribution in [2.24, 2.45) is 12.0 Å². The number of rotatable bonds is 9. The number of hydrogen-bond donors (Lipinski definition) is 2. The van der Waals surface area contributed by atoms with E-state index in [4.69, 9.17) is 14.5 Å². The van der Waals surface area contributed by atoms with Crippen LogP contribution in [0.2, 0.25) is 0 Å². The van der Waals surface area contributed by atoms with Crippen molar-refractivity contribution in [2.45, 2.75) is 65.5 Å². The lowest BCUT2D eigenvalue weighted by molar-refractivity contribution is 0.198. The van der Waals surface area contributed by atoms with Gasteiger partial charge in [-0.05, 0) is 64.5 Å². The Balaban J connectivity index is 0.00000363. The predicted molar refractivity (Wildman–Crippen MR) is 140 cm³/mol. The molecule has 1 saturated carbocycles. The molecule has 0 saturated heterocycles. The van der Waals surface area contributed by atoms with Crippen LogP contribution >= 0.6 is 24.0 Å². The summed E-state index contributed by atoms with van der Waals surface area (Å²) in [6.45, 7) is 8.38. The highest BCUT2D eigenvalue weighted by Crippen LogP contribution is 2.35. The summed E-state index contributed by atoms with van der Waals surface area (Å²) in [6.07, 6.45) is 5.87. The molecule has 8 heteroatoms. The Labute approximate surface area is 209 Å². The molecule has 0 bridgehead atoms. The Kier molecular flexibility index (Phi) is 10.6. The highest BCUT2D eigenvalue weighted by molar-refractivity contribution is 14.0. The van der Waals surface area contributed by atoms with Crippen molar-refractivity contribution in [1.29, 1.82) is 0 Å². The van der Waals surface area contributed by atoms with E-state index in [-0.39, 0.29) is 30.1 Å². The van der Waals surface area contributed by atoms with Gasteiger partial charge >= 0.3 is 0 Å². The fourth-order valence-corrected chi connectivity index (χ4v) is 4.14. The van der Waals surface area contributed by atoms with Crippen molar-refractivity contribution >= 4 is 29.9 Å². The van der Waals surface area contributed by atoms with Crippen LogP contribution in [0, 0.1) is 13.8 Å². The number of guanidine groups is 1. The molecule has 1 aromatic heterocycles. The first kappa shape index (κ1) is 26.3. The van der Waals surface area contributed by atoms with Crippen molar-refractivity contribution in [3.63, 3.8) is 0 Å². The third-order valence-electron chi connectivity index (χ3n) is 5.95. The minimum atomic E-state index is 0. The molecule has 2 aromatic rings. The second-order valence-electron chi connectivity index (χ2n) is 8.12. The lowest BCUT2D eigenvalue weighted by Crippen LogP contribution is -2.38. The van der Waals surface area contributed by atoms with E-state index >= 15 is 0 Å². The number of aromatic nitrogens is 2. The molecule has 7 nitrogen and oxygen atoms in total. The Morgan fingerprint density at radius 2 is 1.97 bits per heavy atom. The Bertz CT molecular complexity index is 891. The molecule has 0 radical (unpaired) electrons. The molecule has 1 heterocycles. The molecule has 0 amide bonds. The lowest BCUT2D eigenvalue weighted by atomic mass is 10.1. The summed E-state index contributed by atoms with van der Waals surface area (Å²) in [4.78, 5) is 4.81. The monoisotopic (exact) mass is 555 g/mol. The van der Waals surface area contributed by atoms with Crippen LogP contribution < -0.4 is 20.1 Å². The zero-order valence-corrected chi connectivity index (χ0v) is 22.4. The van der Waals surface area contributed by atoms with Gasteiger partial charge in [0, 0.05) is 31.4 Å². The van der Waals surface area contributed by atoms with E-state index in [2.05, 4.69) is 42.6 Å². The van der Waals surface area contributed by atoms with Gasteiger partial charge in [-0.3, -0.25) is 4.68 Å². The minimum absolute atomic E-state index is 0. The number of methoxy groups -OCH3 is 1. The molecule has 0 spiro atoms. The van der Waals surface area contributed by atoms with E-state index < -0.39 is 0 Å². The van der Waals surface area contributed by atoms with Crippen molar-refractivity contribution in [1.82, 2.24) is 20.4 Å². The van der Waals surface area contributed by atoms with Gasteiger partial charge in [-0.2, -0.15) is 5.10 Å². The molecular weight excluding hydrogens is 517 g/mol. The van der Waals surface area contributed by atoms with Gasteiger partial charge in [0.2, 0.25) is 0 Å². The molecule has 1 fully saturated rings. The van der Waals surface area contributed by atoms with E-state index in [1.807, 2.05) is 23.9 Å². The van der Waals surface area contributed by atoms with Crippen LogP contribution in [0.15, 0.2) is 23.2 Å². The fraction of sp³-hybridized carbons (Fsp3) is 0.583. The molecule has 3 rings (SSSR count). The number of aliphatic imine (C=N–C) groups is 1. The number of nitrogens with one attached hydrogen (secondary N) is 2. The molecule has 32 heavy (non-hydrogen) atoms. The van der Waals surface area contributed by atoms with Gasteiger partial charge in [0.05, 0.1) is 25.5 Å². The summed E-state index contributed by atoms with van der Waals surface area (Å²) in [5.41, 5.74) is 4.65. The molecule has 0 aliphatic heterocycles. The second kappa shape index (κ2) is 12.9. The van der Waals surface area contributed by atoms with Crippen LogP contribution in [-0.2, 0) is 20.0 Å². The lowest BCUT2D eigenvalue weighted by Gasteiger charge is -2.19. The summed E-state index contributed by atoms with van der Waals surface area (Å²) in [7, 11) is 3.68. The van der Waals surface area contributed by atoms with E-state index in [1.54, 1.807) is 7.11 Å². The molecule has 178 valence electrons. The average Bonchev–Trinajstić information content (AvgIpc) is 3.36. The maximum Gasteiger partial charge on any atom is 0.191 e. The van der Waals surface area contributed by atoms with Crippen molar-refractivity contribution in [2.75, 3.05) is 20.2 Å². The normalized spacial score (nSPS) is 14.2. The molecule has 0 unspecified atom stereocenters. The number of aryl methyl sites for hydroxylation is 2. The maximum atomic E-state index is 6.34. The molecule has 0 atom stereocenters. The number of nitrogens with zero attached hydrogens (tertiary/aromatic N) is 3. The van der Waals surface area contributed by atoms with Crippen molar-refractivity contribution in [3.05, 3.63) is 40.7 Å². The standard InChI is InChI=1S/C24H37N5O2.HI/c1-6-25-24(26-15-14-21-17(2)28-29(4)18(21)3)27-16-19-10-9-13-22(30-5)23(19)31-20-11-7-8-12-20;/h9-10,13,20H,6-8,11-12,14-16H2,1-5H3,(H2,25,26,27);1H. The molecule has 2 N–H and O–H groups in total. The highest BCUT2D eigenvalue weighted by Gasteiger charge is 2.20. The number of ether oxygens (including phenoxy) is 2. The number of hydrogen-bond acceptors (Lipinski definition) is 4. The molecule has 1 aliphatic carbocycles. The number of para-hydroxylation sites is 1. The predicted octanol–water partition coefficient (Wildman–Crippen LogP) is 4.28. The molecule has 1 aromatic carbocycles. The van der Waals surface area contributed by atoms with Gasteiger partial charge in [0.15, 0.2) is 17.5 Å². The van der Waals surface area contributed by atoms with Crippen LogP contribution in [0.4, 0.5) is 0 Å². The van der Waals surface area contributed by atoms with E-state index in [1.165, 1.54) is 24.1 Å². The van der Waals surface area contributed by atoms with Crippen LogP contribution in [0.5, 0.6) is 11.5 Å². The molecule has 1 aliphatic rings. The number of benzene rings is 1. The van der Waals surface area contributed by atoms with Crippen LogP contribution in [-0.4, -0.2) is 42.0 Å². The second-order valence-corrected chi connectivity index (χ2v) is 8.12. The van der Waals surface area contributed by atoms with Gasteiger partial charge < -0.3 is 20.1 Å². The van der Waals surface area contributed by atoms with E-state index in [0.29, 0.717) is 6.54 Å². The summed E-state index contributed by atoms with van der Waals surface area (Å²) < 4.78 is 13.9. The molecular formula is C24H38IN5O2. The zero-order chi connectivity index (χ0) is 22.2. The summed E-state index contributed by atoms with van der Waals surface area (Å²) >= 11 is 0. The average molecular weight is 556 g/mol. The number of halogens is 1. The fourth-order valence-electron chi connectivity index (χ4n) is 4.14. The van der Waals surface area contributed by atoms with Gasteiger partial charge in [-0.15, -0.1) is 24.0 Å². The smallest absolute Gasteiger partial charge is 0.191 e. The Morgan fingerprint density at radius 1 is 1.22 bits per heavy atom. The summed E-state index contributed by atoms with van der Waals surface area (Å²) in [6, 6.07) is 6.03. The zero-order valence-electron chi connectivity index (χ0n) is 20.0. The Morgan fingerprint density at radius 3 is 2.59 bits per heavy atom. The van der Waals surface area contributed by atoms with Gasteiger partial charge in [0.1, 0.15) is 0 Å². The van der Waals surface area contributed by atoms with Gasteiger partial charge in [-0.25, -0.2) is 4.99 Å². The summed E-state index contributed by atoms with van der Waals surface area (Å²) in [5, 5.41) is 11.3. The first-order valence-electron chi connectivity index (χ1n) is 11.4. The third-order valence-corrected chi connectivity index (χ3v) is 5.95. The largest absolute Gasteiger partial charge is 0.493 e. The van der Waals surface area contributed by atoms with Gasteiger partial charge in [-0.1, -0.05) is 12.1 Å². The van der Waals surface area contributed by atoms with Crippen molar-refractivity contribution in [3.8, 4) is 11.5 Å². The quantitative estimate of drug-likeness (QED) is 0.275. The first-order valence-corrected chi connectivity index (χ1v) is 11.4. The van der Waals surface area contributed by atoms with E-state index in [0.717, 1.165) is 61.1 Å². The summed E-state index contributed by atoms with van der Waals surface area (Å²) in [5.74, 6) is 2.41. The van der Waals surface area contributed by atoms with Crippen LogP contribution in [0.25, 0.3) is 0 Å². The van der Waals surface area contributed by atoms with Crippen LogP contribution in [0.1, 0.15) is 55.1 Å². The Hall–Kier alpha value is -1.97. The van der Waals surface area contributed by atoms with Crippen LogP contribution in [0.3, 0.4) is 0 Å². The maximum absolute atomic E-state index is 6.34. The SMILES string of the molecule is CCNC(=NCc1cccc(OC)c1OC1CCCC1)NCCc1c(C)nn(C)c1C.I.